The summed E-state index contributed by atoms with van der Waals surface area (Å²) >= 11 is 3.64. The van der Waals surface area contributed by atoms with Gasteiger partial charge < -0.3 is 9.41 Å². The van der Waals surface area contributed by atoms with E-state index in [2.05, 4.69) is 41.7 Å². The number of benzene rings is 1. The molecule has 1 N–H and O–H groups in total. The summed E-state index contributed by atoms with van der Waals surface area (Å²) in [7, 11) is -0.721. The van der Waals surface area contributed by atoms with Crippen LogP contribution in [0.25, 0.3) is 10.8 Å². The second-order valence-electron chi connectivity index (χ2n) is 7.05. The SMILES string of the molecule is CC(C)(C)[SiH2]OC(C)(C)c1[nH]c(=O)c2ccccc2c1Br. The average Bonchev–Trinajstić information content (AvgIpc) is 2.40. The molecule has 0 aliphatic heterocycles. The first-order valence-corrected chi connectivity index (χ1v) is 9.14. The highest BCUT2D eigenvalue weighted by Crippen LogP contribution is 2.34. The van der Waals surface area contributed by atoms with Gasteiger partial charge in [0.2, 0.25) is 0 Å². The molecule has 0 bridgehead atoms. The molecule has 5 heteroatoms. The first kappa shape index (κ1) is 16.5. The highest BCUT2D eigenvalue weighted by Gasteiger charge is 2.28. The number of nitrogens with one attached hydrogen (secondary N) is 1. The van der Waals surface area contributed by atoms with Crippen LogP contribution >= 0.6 is 15.9 Å². The van der Waals surface area contributed by atoms with Gasteiger partial charge in [-0.05, 0) is 40.9 Å². The number of hydrogen-bond acceptors (Lipinski definition) is 2. The van der Waals surface area contributed by atoms with Gasteiger partial charge in [0.15, 0.2) is 9.76 Å². The van der Waals surface area contributed by atoms with E-state index in [9.17, 15) is 4.79 Å². The molecule has 0 unspecified atom stereocenters. The lowest BCUT2D eigenvalue weighted by Crippen LogP contribution is -2.31. The summed E-state index contributed by atoms with van der Waals surface area (Å²) in [4.78, 5) is 15.3. The summed E-state index contributed by atoms with van der Waals surface area (Å²) in [5.74, 6) is 0. The maximum Gasteiger partial charge on any atom is 0.256 e. The maximum atomic E-state index is 12.3. The van der Waals surface area contributed by atoms with Crippen molar-refractivity contribution in [2.45, 2.75) is 45.3 Å². The Morgan fingerprint density at radius 2 is 1.67 bits per heavy atom. The van der Waals surface area contributed by atoms with Crippen molar-refractivity contribution in [3.05, 3.63) is 44.8 Å². The van der Waals surface area contributed by atoms with Gasteiger partial charge in [-0.15, -0.1) is 0 Å². The Morgan fingerprint density at radius 1 is 1.10 bits per heavy atom. The molecular weight excluding hydrogens is 346 g/mol. The van der Waals surface area contributed by atoms with Crippen LogP contribution in [0.3, 0.4) is 0 Å². The molecule has 2 aromatic rings. The van der Waals surface area contributed by atoms with Gasteiger partial charge in [-0.3, -0.25) is 4.79 Å². The second kappa shape index (κ2) is 5.70. The van der Waals surface area contributed by atoms with Gasteiger partial charge in [-0.2, -0.15) is 0 Å². The Morgan fingerprint density at radius 3 is 2.24 bits per heavy atom. The lowest BCUT2D eigenvalue weighted by Gasteiger charge is -2.31. The summed E-state index contributed by atoms with van der Waals surface area (Å²) in [5, 5.41) is 1.82. The molecular formula is C16H22BrNO2Si. The topological polar surface area (TPSA) is 42.1 Å². The van der Waals surface area contributed by atoms with Crippen LogP contribution in [0.15, 0.2) is 33.5 Å². The average molecular weight is 368 g/mol. The first-order chi connectivity index (χ1) is 9.62. The molecule has 21 heavy (non-hydrogen) atoms. The standard InChI is InChI=1S/C16H22BrNO2Si/c1-15(2,3)21-20-16(4,5)13-12(17)10-8-6-7-9-11(10)14(19)18-13/h6-9H,21H2,1-5H3,(H,18,19). The van der Waals surface area contributed by atoms with E-state index >= 15 is 0 Å². The molecule has 1 aromatic carbocycles. The minimum atomic E-state index is -0.721. The van der Waals surface area contributed by atoms with Crippen molar-refractivity contribution in [2.24, 2.45) is 0 Å². The summed E-state index contributed by atoms with van der Waals surface area (Å²) in [6.45, 7) is 10.6. The summed E-state index contributed by atoms with van der Waals surface area (Å²) in [6.07, 6.45) is 0. The lowest BCUT2D eigenvalue weighted by atomic mass is 10.0. The Balaban J connectivity index is 2.51. The molecule has 3 nitrogen and oxygen atoms in total. The van der Waals surface area contributed by atoms with E-state index in [1.165, 1.54) is 0 Å². The van der Waals surface area contributed by atoms with E-state index < -0.39 is 15.4 Å². The van der Waals surface area contributed by atoms with Crippen molar-refractivity contribution >= 4 is 36.5 Å². The van der Waals surface area contributed by atoms with Gasteiger partial charge >= 0.3 is 0 Å². The van der Waals surface area contributed by atoms with Gasteiger partial charge in [0.05, 0.1) is 11.3 Å². The lowest BCUT2D eigenvalue weighted by molar-refractivity contribution is 0.103. The van der Waals surface area contributed by atoms with Gasteiger partial charge in [0.1, 0.15) is 0 Å². The summed E-state index contributed by atoms with van der Waals surface area (Å²) < 4.78 is 7.11. The number of pyridine rings is 1. The predicted molar refractivity (Wildman–Crippen MR) is 94.6 cm³/mol. The number of halogens is 1. The molecule has 0 saturated heterocycles. The van der Waals surface area contributed by atoms with Gasteiger partial charge in [0, 0.05) is 15.2 Å². The molecule has 0 saturated carbocycles. The number of aromatic amines is 1. The number of fused-ring (bicyclic) bond motifs is 1. The molecule has 0 aliphatic carbocycles. The zero-order chi connectivity index (χ0) is 15.8. The van der Waals surface area contributed by atoms with E-state index in [1.54, 1.807) is 0 Å². The van der Waals surface area contributed by atoms with Crippen molar-refractivity contribution < 1.29 is 4.43 Å². The van der Waals surface area contributed by atoms with Crippen molar-refractivity contribution in [3.8, 4) is 0 Å². The number of hydrogen-bond donors (Lipinski definition) is 1. The predicted octanol–water partition coefficient (Wildman–Crippen LogP) is 3.84. The van der Waals surface area contributed by atoms with E-state index in [0.717, 1.165) is 15.6 Å². The molecule has 1 heterocycles. The largest absolute Gasteiger partial charge is 0.413 e. The fraction of sp³-hybridized carbons (Fsp3) is 0.438. The third-order valence-corrected chi connectivity index (χ3v) is 5.89. The van der Waals surface area contributed by atoms with Gasteiger partial charge in [0.25, 0.3) is 5.56 Å². The zero-order valence-corrected chi connectivity index (χ0v) is 16.2. The van der Waals surface area contributed by atoms with Crippen molar-refractivity contribution in [3.63, 3.8) is 0 Å². The van der Waals surface area contributed by atoms with Crippen LogP contribution in [0.2, 0.25) is 5.04 Å². The second-order valence-corrected chi connectivity index (χ2v) is 10.5. The van der Waals surface area contributed by atoms with E-state index in [0.29, 0.717) is 5.39 Å². The van der Waals surface area contributed by atoms with Crippen molar-refractivity contribution in [1.29, 1.82) is 0 Å². The summed E-state index contributed by atoms with van der Waals surface area (Å²) in [6, 6.07) is 7.60. The van der Waals surface area contributed by atoms with Crippen LogP contribution in [0.4, 0.5) is 0 Å². The highest BCUT2D eigenvalue weighted by atomic mass is 79.9. The quantitative estimate of drug-likeness (QED) is 0.837. The first-order valence-electron chi connectivity index (χ1n) is 7.07. The van der Waals surface area contributed by atoms with Crippen LogP contribution in [-0.2, 0) is 10.0 Å². The molecule has 2 rings (SSSR count). The molecule has 0 spiro atoms. The van der Waals surface area contributed by atoms with Crippen LogP contribution in [0.1, 0.15) is 40.3 Å². The molecule has 1 aromatic heterocycles. The van der Waals surface area contributed by atoms with Crippen LogP contribution < -0.4 is 5.56 Å². The Hall–Kier alpha value is -0.913. The van der Waals surface area contributed by atoms with E-state index in [-0.39, 0.29) is 10.6 Å². The normalized spacial score (nSPS) is 13.4. The smallest absolute Gasteiger partial charge is 0.256 e. The Kier molecular flexibility index (Phi) is 4.47. The van der Waals surface area contributed by atoms with E-state index in [1.807, 2.05) is 38.1 Å². The molecule has 0 aliphatic rings. The van der Waals surface area contributed by atoms with Crippen LogP contribution in [0.5, 0.6) is 0 Å². The molecule has 114 valence electrons. The third kappa shape index (κ3) is 3.65. The molecule has 0 amide bonds. The fourth-order valence-electron chi connectivity index (χ4n) is 2.13. The van der Waals surface area contributed by atoms with E-state index in [4.69, 9.17) is 4.43 Å². The zero-order valence-electron chi connectivity index (χ0n) is 13.2. The van der Waals surface area contributed by atoms with Crippen LogP contribution in [-0.4, -0.2) is 14.7 Å². The number of rotatable bonds is 3. The van der Waals surface area contributed by atoms with Crippen molar-refractivity contribution in [1.82, 2.24) is 4.98 Å². The van der Waals surface area contributed by atoms with Gasteiger partial charge in [-0.1, -0.05) is 39.0 Å². The van der Waals surface area contributed by atoms with Crippen LogP contribution in [0, 0.1) is 0 Å². The summed E-state index contributed by atoms with van der Waals surface area (Å²) in [5.41, 5.74) is 0.225. The monoisotopic (exact) mass is 367 g/mol. The van der Waals surface area contributed by atoms with Crippen molar-refractivity contribution in [2.75, 3.05) is 0 Å². The minimum Gasteiger partial charge on any atom is -0.413 e. The Labute approximate surface area is 136 Å². The Bertz CT molecular complexity index is 716. The number of aromatic nitrogens is 1. The number of H-pyrrole nitrogens is 1. The minimum absolute atomic E-state index is 0.0714. The molecule has 0 atom stereocenters. The highest BCUT2D eigenvalue weighted by molar-refractivity contribution is 9.10. The maximum absolute atomic E-state index is 12.3. The fourth-order valence-corrected chi connectivity index (χ4v) is 3.99. The third-order valence-electron chi connectivity index (χ3n) is 3.33. The molecule has 0 fully saturated rings. The molecule has 0 radical (unpaired) electrons. The van der Waals surface area contributed by atoms with Gasteiger partial charge in [-0.25, -0.2) is 0 Å².